The summed E-state index contributed by atoms with van der Waals surface area (Å²) >= 11 is 0. The van der Waals surface area contributed by atoms with E-state index in [9.17, 15) is 29.1 Å². The molecule has 298 valence electrons. The molecule has 3 rings (SSSR count). The molecule has 2 amide bonds. The largest absolute Gasteiger partial charge is 0.457 e. The zero-order valence-corrected chi connectivity index (χ0v) is 32.8. The monoisotopic (exact) mass is 743 g/mol. The molecule has 3 aliphatic rings. The Labute approximate surface area is 307 Å². The molecule has 0 bridgehead atoms. The smallest absolute Gasteiger partial charge is 0.429 e. The molecule has 0 unspecified atom stereocenters. The molecule has 3 fully saturated rings. The number of amides is 2. The van der Waals surface area contributed by atoms with Crippen molar-refractivity contribution >= 4 is 29.5 Å². The number of aliphatic hydroxyl groups excluding tert-OH is 1. The quantitative estimate of drug-likeness (QED) is 0.177. The van der Waals surface area contributed by atoms with Crippen molar-refractivity contribution in [3.63, 3.8) is 0 Å². The summed E-state index contributed by atoms with van der Waals surface area (Å²) in [6.45, 7) is 13.2. The first-order valence-electron chi connectivity index (χ1n) is 18.1. The predicted octanol–water partition coefficient (Wildman–Crippen LogP) is 1.88. The average molecular weight is 744 g/mol. The van der Waals surface area contributed by atoms with Crippen LogP contribution in [0, 0.1) is 23.7 Å². The first-order valence-corrected chi connectivity index (χ1v) is 18.1. The van der Waals surface area contributed by atoms with E-state index >= 15 is 0 Å². The van der Waals surface area contributed by atoms with Crippen LogP contribution >= 0.6 is 0 Å². The highest BCUT2D eigenvalue weighted by Gasteiger charge is 2.61. The van der Waals surface area contributed by atoms with E-state index in [1.165, 1.54) is 21.1 Å². The molecule has 3 aliphatic heterocycles. The number of Topliss-reactive ketones (excluding diaryl/α,β-unsaturated/α-hetero) is 2. The van der Waals surface area contributed by atoms with Crippen molar-refractivity contribution in [3.8, 4) is 0 Å². The number of ether oxygens (including phenoxy) is 7. The number of methoxy groups -OCH3 is 2. The van der Waals surface area contributed by atoms with E-state index in [0.29, 0.717) is 6.42 Å². The summed E-state index contributed by atoms with van der Waals surface area (Å²) in [5.41, 5.74) is -0.427. The van der Waals surface area contributed by atoms with Gasteiger partial charge in [-0.15, -0.1) is 0 Å². The van der Waals surface area contributed by atoms with Gasteiger partial charge < -0.3 is 43.2 Å². The molecule has 16 nitrogen and oxygen atoms in total. The number of hydrogen-bond donors (Lipinski definition) is 2. The minimum Gasteiger partial charge on any atom is -0.457 e. The third-order valence-electron chi connectivity index (χ3n) is 11.0. The predicted molar refractivity (Wildman–Crippen MR) is 186 cm³/mol. The van der Waals surface area contributed by atoms with Crippen LogP contribution in [-0.2, 0) is 52.3 Å². The molecule has 0 saturated carbocycles. The normalized spacial score (nSPS) is 39.5. The molecule has 0 aromatic carbocycles. The number of carbonyl (C=O) groups is 5. The summed E-state index contributed by atoms with van der Waals surface area (Å²) in [6.07, 6.45) is -4.95. The summed E-state index contributed by atoms with van der Waals surface area (Å²) in [7, 11) is 6.62. The van der Waals surface area contributed by atoms with Crippen LogP contribution in [0.1, 0.15) is 74.7 Å². The molecule has 0 radical (unpaired) electrons. The van der Waals surface area contributed by atoms with Gasteiger partial charge >= 0.3 is 12.1 Å². The zero-order valence-electron chi connectivity index (χ0n) is 32.8. The van der Waals surface area contributed by atoms with Gasteiger partial charge in [0.15, 0.2) is 17.7 Å². The zero-order chi connectivity index (χ0) is 39.3. The van der Waals surface area contributed by atoms with Crippen molar-refractivity contribution in [3.05, 3.63) is 0 Å². The molecule has 3 saturated heterocycles. The molecule has 2 N–H and O–H groups in total. The molecule has 0 spiro atoms. The van der Waals surface area contributed by atoms with Gasteiger partial charge in [-0.2, -0.15) is 0 Å². The Morgan fingerprint density at radius 1 is 1.02 bits per heavy atom. The Bertz CT molecular complexity index is 1280. The number of ketones is 2. The molecule has 0 aromatic rings. The molecule has 16 heteroatoms. The first kappa shape index (κ1) is 43.7. The van der Waals surface area contributed by atoms with Gasteiger partial charge in [-0.25, -0.2) is 9.80 Å². The fourth-order valence-corrected chi connectivity index (χ4v) is 7.96. The number of likely N-dealkylation sites (N-methyl/N-ethyl adjacent to an activating group) is 1. The van der Waals surface area contributed by atoms with Gasteiger partial charge in [0.2, 0.25) is 0 Å². The van der Waals surface area contributed by atoms with Gasteiger partial charge in [0.1, 0.15) is 36.6 Å². The lowest BCUT2D eigenvalue weighted by Crippen LogP contribution is -2.62. The number of hydrogen-bond acceptors (Lipinski definition) is 14. The Kier molecular flexibility index (Phi) is 15.2. The average Bonchev–Trinajstić information content (AvgIpc) is 3.35. The number of hydrazine groups is 1. The van der Waals surface area contributed by atoms with Crippen LogP contribution in [0.15, 0.2) is 0 Å². The molecule has 13 atom stereocenters. The van der Waals surface area contributed by atoms with E-state index in [2.05, 4.69) is 5.43 Å². The lowest BCUT2D eigenvalue weighted by atomic mass is 9.73. The number of fused-ring (bicyclic) bond motifs is 1. The van der Waals surface area contributed by atoms with Gasteiger partial charge in [-0.3, -0.25) is 24.6 Å². The minimum atomic E-state index is -1.62. The second-order valence-corrected chi connectivity index (χ2v) is 15.1. The van der Waals surface area contributed by atoms with E-state index in [4.69, 9.17) is 33.2 Å². The number of aliphatic hydroxyl groups is 1. The Morgan fingerprint density at radius 2 is 1.67 bits per heavy atom. The van der Waals surface area contributed by atoms with Crippen molar-refractivity contribution < 1.29 is 62.2 Å². The van der Waals surface area contributed by atoms with Crippen LogP contribution in [0.2, 0.25) is 0 Å². The Morgan fingerprint density at radius 3 is 2.25 bits per heavy atom. The minimum absolute atomic E-state index is 0.0401. The van der Waals surface area contributed by atoms with E-state index < -0.39 is 95.9 Å². The fraction of sp³-hybridized carbons (Fsp3) is 0.861. The van der Waals surface area contributed by atoms with E-state index in [1.807, 2.05) is 25.9 Å². The maximum absolute atomic E-state index is 14.5. The van der Waals surface area contributed by atoms with Crippen molar-refractivity contribution in [1.29, 1.82) is 0 Å². The Hall–Kier alpha value is -2.73. The highest BCUT2D eigenvalue weighted by atomic mass is 16.7. The molecule has 3 heterocycles. The number of cyclic esters (lactones) is 1. The maximum Gasteiger partial charge on any atom is 0.429 e. The van der Waals surface area contributed by atoms with Gasteiger partial charge in [0, 0.05) is 38.0 Å². The number of rotatable bonds is 11. The fourth-order valence-electron chi connectivity index (χ4n) is 7.96. The van der Waals surface area contributed by atoms with E-state index in [1.54, 1.807) is 41.5 Å². The van der Waals surface area contributed by atoms with Gasteiger partial charge in [-0.05, 0) is 61.1 Å². The lowest BCUT2D eigenvalue weighted by molar-refractivity contribution is -0.295. The summed E-state index contributed by atoms with van der Waals surface area (Å²) in [5.74, 6) is -6.39. The number of esters is 1. The van der Waals surface area contributed by atoms with Crippen LogP contribution in [0.5, 0.6) is 0 Å². The third kappa shape index (κ3) is 9.31. The van der Waals surface area contributed by atoms with Crippen molar-refractivity contribution in [2.75, 3.05) is 48.1 Å². The van der Waals surface area contributed by atoms with Crippen molar-refractivity contribution in [2.45, 2.75) is 129 Å². The molecular formula is C36H61N3O13. The van der Waals surface area contributed by atoms with Crippen LogP contribution in [-0.4, -0.2) is 147 Å². The molecule has 52 heavy (non-hydrogen) atoms. The molecular weight excluding hydrogens is 682 g/mol. The van der Waals surface area contributed by atoms with Crippen molar-refractivity contribution in [2.24, 2.45) is 23.7 Å². The second-order valence-electron chi connectivity index (χ2n) is 15.1. The van der Waals surface area contributed by atoms with Crippen LogP contribution in [0.3, 0.4) is 0 Å². The highest BCUT2D eigenvalue weighted by Crippen LogP contribution is 2.42. The number of nitrogens with zero attached hydrogens (tertiary/aromatic N) is 2. The summed E-state index contributed by atoms with van der Waals surface area (Å²) in [6, 6.07) is -1.45. The summed E-state index contributed by atoms with van der Waals surface area (Å²) < 4.78 is 40.8. The SMILES string of the molecule is CC[C@H]1OC(=O)[C@H](C)C(=O)[C@H](C)[C@@H](O[C@@H]2O[C@H](C)C[C@H](N(C)C)[C@H]2O)[C@](C)(OC)C[C@@H](C)C(=O)[C@H](C)[C@H]2N(NC(=O)COCCOC)C(=O)O[C@]12C. The third-order valence-corrected chi connectivity index (χ3v) is 11.0. The van der Waals surface area contributed by atoms with Crippen LogP contribution < -0.4 is 5.43 Å². The summed E-state index contributed by atoms with van der Waals surface area (Å²) in [5, 5.41) is 12.3. The number of carbonyl (C=O) groups excluding carboxylic acids is 5. The first-order chi connectivity index (χ1) is 24.3. The molecule has 0 aromatic heterocycles. The molecule has 0 aliphatic carbocycles. The number of nitrogens with one attached hydrogen (secondary N) is 1. The van der Waals surface area contributed by atoms with E-state index in [0.717, 1.165) is 5.01 Å². The highest BCUT2D eigenvalue weighted by molar-refractivity contribution is 6.00. The maximum atomic E-state index is 14.5. The van der Waals surface area contributed by atoms with Gasteiger partial charge in [0.25, 0.3) is 5.91 Å². The lowest BCUT2D eigenvalue weighted by Gasteiger charge is -2.47. The standard InChI is InChI=1S/C36H61N3O13/c1-13-25-36(8)30(39(34(45)52-36)37-26(40)18-48-15-14-46-11)21(4)27(41)19(2)17-35(7,47-12)31(22(5)28(42)23(6)32(44)50-25)51-33-29(43)24(38(9)10)16-20(3)49-33/h19-25,29-31,33,43H,13-18H2,1-12H3,(H,37,40)/t19-,20-,21+,22+,23-,24+,25-,29-,30-,31-,33+,35-,36-/m1/s1. The topological polar surface area (TPSA) is 189 Å². The van der Waals surface area contributed by atoms with Crippen LogP contribution in [0.4, 0.5) is 4.79 Å². The van der Waals surface area contributed by atoms with Gasteiger partial charge in [-0.1, -0.05) is 27.7 Å². The Balaban J connectivity index is 2.09. The van der Waals surface area contributed by atoms with Gasteiger partial charge in [0.05, 0.1) is 31.0 Å². The van der Waals surface area contributed by atoms with Crippen LogP contribution in [0.25, 0.3) is 0 Å². The second kappa shape index (κ2) is 18.1. The van der Waals surface area contributed by atoms with E-state index in [-0.39, 0.29) is 44.0 Å². The van der Waals surface area contributed by atoms with Crippen molar-refractivity contribution in [1.82, 2.24) is 15.3 Å². The summed E-state index contributed by atoms with van der Waals surface area (Å²) in [4.78, 5) is 70.7.